The van der Waals surface area contributed by atoms with Crippen LogP contribution in [0.15, 0.2) is 18.2 Å². The fourth-order valence-corrected chi connectivity index (χ4v) is 3.25. The van der Waals surface area contributed by atoms with Gasteiger partial charge in [0.1, 0.15) is 17.6 Å². The Kier molecular flexibility index (Phi) is 6.87. The van der Waals surface area contributed by atoms with Gasteiger partial charge in [-0.1, -0.05) is 32.1 Å². The van der Waals surface area contributed by atoms with Crippen molar-refractivity contribution in [3.05, 3.63) is 18.2 Å². The van der Waals surface area contributed by atoms with Crippen molar-refractivity contribution in [3.63, 3.8) is 0 Å². The van der Waals surface area contributed by atoms with Gasteiger partial charge in [0, 0.05) is 12.1 Å². The summed E-state index contributed by atoms with van der Waals surface area (Å²) in [7, 11) is 3.06. The van der Waals surface area contributed by atoms with Crippen LogP contribution in [0.1, 0.15) is 38.5 Å². The molecule has 4 N–H and O–H groups in total. The molecule has 134 valence electrons. The molecular formula is C18H28N2O4. The van der Waals surface area contributed by atoms with E-state index in [9.17, 15) is 9.90 Å². The number of benzene rings is 1. The Labute approximate surface area is 143 Å². The average molecular weight is 336 g/mol. The van der Waals surface area contributed by atoms with Crippen LogP contribution >= 0.6 is 0 Å². The Morgan fingerprint density at radius 3 is 2.62 bits per heavy atom. The number of anilines is 1. The summed E-state index contributed by atoms with van der Waals surface area (Å²) in [6.07, 6.45) is 5.37. The lowest BCUT2D eigenvalue weighted by atomic mass is 9.84. The minimum Gasteiger partial charge on any atom is -0.497 e. The molecule has 24 heavy (non-hydrogen) atoms. The van der Waals surface area contributed by atoms with Crippen molar-refractivity contribution in [2.24, 2.45) is 11.7 Å². The topological polar surface area (TPSA) is 93.8 Å². The molecule has 1 fully saturated rings. The van der Waals surface area contributed by atoms with Gasteiger partial charge in [0.15, 0.2) is 0 Å². The SMILES string of the molecule is COc1ccc(OC)c(NC(=O)C(O)C(N)CC2CCCCC2)c1. The van der Waals surface area contributed by atoms with Gasteiger partial charge in [0.25, 0.3) is 5.91 Å². The van der Waals surface area contributed by atoms with E-state index < -0.39 is 18.1 Å². The number of carbonyl (C=O) groups excluding carboxylic acids is 1. The number of aliphatic hydroxyl groups is 1. The number of carbonyl (C=O) groups is 1. The number of amides is 1. The zero-order valence-corrected chi connectivity index (χ0v) is 14.5. The molecule has 6 nitrogen and oxygen atoms in total. The van der Waals surface area contributed by atoms with Crippen molar-refractivity contribution >= 4 is 11.6 Å². The third-order valence-corrected chi connectivity index (χ3v) is 4.67. The van der Waals surface area contributed by atoms with Crippen LogP contribution in [0.5, 0.6) is 11.5 Å². The average Bonchev–Trinajstić information content (AvgIpc) is 2.61. The first-order valence-corrected chi connectivity index (χ1v) is 8.51. The Hall–Kier alpha value is -1.79. The summed E-state index contributed by atoms with van der Waals surface area (Å²) >= 11 is 0. The van der Waals surface area contributed by atoms with E-state index in [2.05, 4.69) is 5.32 Å². The first-order chi connectivity index (χ1) is 11.5. The normalized spacial score (nSPS) is 17.8. The second kappa shape index (κ2) is 8.89. The van der Waals surface area contributed by atoms with E-state index in [-0.39, 0.29) is 0 Å². The smallest absolute Gasteiger partial charge is 0.254 e. The quantitative estimate of drug-likeness (QED) is 0.710. The Balaban J connectivity index is 1.97. The minimum absolute atomic E-state index is 0.450. The fourth-order valence-electron chi connectivity index (χ4n) is 3.25. The molecule has 0 heterocycles. The van der Waals surface area contributed by atoms with Crippen molar-refractivity contribution in [3.8, 4) is 11.5 Å². The summed E-state index contributed by atoms with van der Waals surface area (Å²) < 4.78 is 10.4. The number of hydrogen-bond acceptors (Lipinski definition) is 5. The van der Waals surface area contributed by atoms with Crippen molar-refractivity contribution in [2.45, 2.75) is 50.7 Å². The molecule has 1 amide bonds. The standard InChI is InChI=1S/C18H28N2O4/c1-23-13-8-9-16(24-2)15(11-13)20-18(22)17(21)14(19)10-12-6-4-3-5-7-12/h8-9,11-12,14,17,21H,3-7,10,19H2,1-2H3,(H,20,22). The molecule has 2 rings (SSSR count). The van der Waals surface area contributed by atoms with Gasteiger partial charge in [0.2, 0.25) is 0 Å². The van der Waals surface area contributed by atoms with Crippen LogP contribution in [0.3, 0.4) is 0 Å². The Morgan fingerprint density at radius 2 is 2.00 bits per heavy atom. The van der Waals surface area contributed by atoms with Gasteiger partial charge in [-0.25, -0.2) is 0 Å². The molecule has 1 saturated carbocycles. The van der Waals surface area contributed by atoms with Crippen molar-refractivity contribution in [1.82, 2.24) is 0 Å². The molecule has 1 aromatic rings. The first kappa shape index (κ1) is 18.5. The van der Waals surface area contributed by atoms with Crippen LogP contribution in [0, 0.1) is 5.92 Å². The van der Waals surface area contributed by atoms with Gasteiger partial charge in [0.05, 0.1) is 19.9 Å². The van der Waals surface area contributed by atoms with Gasteiger partial charge in [-0.3, -0.25) is 4.79 Å². The van der Waals surface area contributed by atoms with Crippen LogP contribution in [0.25, 0.3) is 0 Å². The molecule has 0 spiro atoms. The largest absolute Gasteiger partial charge is 0.497 e. The molecule has 1 aliphatic rings. The number of nitrogens with one attached hydrogen (secondary N) is 1. The molecule has 1 aliphatic carbocycles. The number of nitrogens with two attached hydrogens (primary N) is 1. The number of hydrogen-bond donors (Lipinski definition) is 3. The highest BCUT2D eigenvalue weighted by molar-refractivity contribution is 5.96. The van der Waals surface area contributed by atoms with Crippen molar-refractivity contribution in [1.29, 1.82) is 0 Å². The van der Waals surface area contributed by atoms with Gasteiger partial charge in [-0.05, 0) is 24.5 Å². The Morgan fingerprint density at radius 1 is 1.29 bits per heavy atom. The number of aliphatic hydroxyl groups excluding tert-OH is 1. The van der Waals surface area contributed by atoms with Crippen LogP contribution in [0.4, 0.5) is 5.69 Å². The maximum absolute atomic E-state index is 12.3. The molecule has 1 aromatic carbocycles. The van der Waals surface area contributed by atoms with Crippen molar-refractivity contribution < 1.29 is 19.4 Å². The highest BCUT2D eigenvalue weighted by Crippen LogP contribution is 2.30. The number of ether oxygens (including phenoxy) is 2. The lowest BCUT2D eigenvalue weighted by Crippen LogP contribution is -2.44. The van der Waals surface area contributed by atoms with Gasteiger partial charge < -0.3 is 25.6 Å². The highest BCUT2D eigenvalue weighted by atomic mass is 16.5. The zero-order valence-electron chi connectivity index (χ0n) is 14.5. The van der Waals surface area contributed by atoms with E-state index in [1.165, 1.54) is 26.4 Å². The van der Waals surface area contributed by atoms with E-state index in [1.54, 1.807) is 25.3 Å². The van der Waals surface area contributed by atoms with Gasteiger partial charge >= 0.3 is 0 Å². The van der Waals surface area contributed by atoms with Gasteiger partial charge in [-0.2, -0.15) is 0 Å². The molecule has 2 atom stereocenters. The number of rotatable bonds is 7. The van der Waals surface area contributed by atoms with E-state index >= 15 is 0 Å². The molecule has 2 unspecified atom stereocenters. The van der Waals surface area contributed by atoms with E-state index in [0.29, 0.717) is 29.5 Å². The molecule has 0 aliphatic heterocycles. The monoisotopic (exact) mass is 336 g/mol. The zero-order chi connectivity index (χ0) is 17.5. The fraction of sp³-hybridized carbons (Fsp3) is 0.611. The highest BCUT2D eigenvalue weighted by Gasteiger charge is 2.27. The Bertz CT molecular complexity index is 544. The maximum atomic E-state index is 12.3. The third-order valence-electron chi connectivity index (χ3n) is 4.67. The summed E-state index contributed by atoms with van der Waals surface area (Å²) in [5, 5.41) is 12.9. The van der Waals surface area contributed by atoms with Crippen LogP contribution < -0.4 is 20.5 Å². The summed E-state index contributed by atoms with van der Waals surface area (Å²) in [5.41, 5.74) is 6.51. The molecule has 0 saturated heterocycles. The summed E-state index contributed by atoms with van der Waals surface area (Å²) in [5.74, 6) is 1.07. The summed E-state index contributed by atoms with van der Waals surface area (Å²) in [4.78, 5) is 12.3. The van der Waals surface area contributed by atoms with Crippen molar-refractivity contribution in [2.75, 3.05) is 19.5 Å². The number of methoxy groups -OCH3 is 2. The molecule has 0 aromatic heterocycles. The molecular weight excluding hydrogens is 308 g/mol. The second-order valence-corrected chi connectivity index (χ2v) is 6.40. The third kappa shape index (κ3) is 4.85. The maximum Gasteiger partial charge on any atom is 0.254 e. The molecule has 6 heteroatoms. The predicted octanol–water partition coefficient (Wildman–Crippen LogP) is 2.30. The minimum atomic E-state index is -1.25. The van der Waals surface area contributed by atoms with E-state index in [4.69, 9.17) is 15.2 Å². The lowest BCUT2D eigenvalue weighted by molar-refractivity contribution is -0.125. The lowest BCUT2D eigenvalue weighted by Gasteiger charge is -2.26. The summed E-state index contributed by atoms with van der Waals surface area (Å²) in [6, 6.07) is 4.52. The van der Waals surface area contributed by atoms with Crippen LogP contribution in [-0.2, 0) is 4.79 Å². The van der Waals surface area contributed by atoms with E-state index in [0.717, 1.165) is 12.8 Å². The van der Waals surface area contributed by atoms with Crippen LogP contribution in [-0.4, -0.2) is 37.4 Å². The predicted molar refractivity (Wildman–Crippen MR) is 93.3 cm³/mol. The second-order valence-electron chi connectivity index (χ2n) is 6.40. The summed E-state index contributed by atoms with van der Waals surface area (Å²) in [6.45, 7) is 0. The van der Waals surface area contributed by atoms with E-state index in [1.807, 2.05) is 0 Å². The first-order valence-electron chi connectivity index (χ1n) is 8.51. The molecule has 0 radical (unpaired) electrons. The van der Waals surface area contributed by atoms with Crippen LogP contribution in [0.2, 0.25) is 0 Å². The molecule has 0 bridgehead atoms. The van der Waals surface area contributed by atoms with Gasteiger partial charge in [-0.15, -0.1) is 0 Å².